The Hall–Kier alpha value is -0.530. The Morgan fingerprint density at radius 3 is 2.69 bits per heavy atom. The van der Waals surface area contributed by atoms with Gasteiger partial charge in [-0.05, 0) is 54.8 Å². The summed E-state index contributed by atoms with van der Waals surface area (Å²) in [7, 11) is 0. The van der Waals surface area contributed by atoms with Crippen LogP contribution < -0.4 is 0 Å². The van der Waals surface area contributed by atoms with Gasteiger partial charge in [0.05, 0.1) is 6.21 Å². The average molecular weight is 221 g/mol. The summed E-state index contributed by atoms with van der Waals surface area (Å²) in [5.41, 5.74) is 0.712. The van der Waals surface area contributed by atoms with Crippen molar-refractivity contribution in [2.75, 3.05) is 0 Å². The summed E-state index contributed by atoms with van der Waals surface area (Å²) in [6.45, 7) is 7.10. The molecule has 2 nitrogen and oxygen atoms in total. The normalized spacial score (nSPS) is 59.7. The molecular formula is C14H23NO. The van der Waals surface area contributed by atoms with Crippen molar-refractivity contribution in [3.8, 4) is 0 Å². The zero-order valence-corrected chi connectivity index (χ0v) is 10.6. The second kappa shape index (κ2) is 3.02. The standard InChI is InChI=1S/C14H23NO/c1-9-10(2)14-5-4-11(7-14)6-12(14)13(9,3)8-15-16/h8-12,16H,4-7H2,1-3H3/b15-8+/t9?,10?,11-,12?,13?,14-/m0/s1. The van der Waals surface area contributed by atoms with Crippen LogP contribution in [0.4, 0.5) is 0 Å². The van der Waals surface area contributed by atoms with Crippen LogP contribution >= 0.6 is 0 Å². The number of hydrogen-bond acceptors (Lipinski definition) is 2. The van der Waals surface area contributed by atoms with Crippen LogP contribution in [-0.2, 0) is 0 Å². The molecule has 3 fully saturated rings. The first-order valence-electron chi connectivity index (χ1n) is 6.73. The molecule has 1 N–H and O–H groups in total. The number of hydrogen-bond donors (Lipinski definition) is 1. The summed E-state index contributed by atoms with van der Waals surface area (Å²) in [5, 5.41) is 12.3. The first-order valence-corrected chi connectivity index (χ1v) is 6.73. The molecule has 0 aliphatic heterocycles. The van der Waals surface area contributed by atoms with Crippen LogP contribution in [0.1, 0.15) is 46.5 Å². The quantitative estimate of drug-likeness (QED) is 0.410. The molecule has 6 atom stereocenters. The van der Waals surface area contributed by atoms with Crippen LogP contribution in [0.5, 0.6) is 0 Å². The van der Waals surface area contributed by atoms with E-state index in [-0.39, 0.29) is 5.41 Å². The minimum absolute atomic E-state index is 0.128. The van der Waals surface area contributed by atoms with Gasteiger partial charge in [0.25, 0.3) is 0 Å². The van der Waals surface area contributed by atoms with Crippen molar-refractivity contribution in [2.45, 2.75) is 46.5 Å². The third kappa shape index (κ3) is 0.970. The molecule has 16 heavy (non-hydrogen) atoms. The summed E-state index contributed by atoms with van der Waals surface area (Å²) in [6.07, 6.45) is 7.52. The molecule has 3 aliphatic carbocycles. The van der Waals surface area contributed by atoms with E-state index in [9.17, 15) is 0 Å². The first-order chi connectivity index (χ1) is 7.54. The summed E-state index contributed by atoms with van der Waals surface area (Å²) >= 11 is 0. The zero-order chi connectivity index (χ0) is 11.6. The SMILES string of the molecule is CC1C(C)[C@@]23CC[C@@H](CC2C1(C)/C=N/O)C3. The lowest BCUT2D eigenvalue weighted by Crippen LogP contribution is -2.33. The highest BCUT2D eigenvalue weighted by Crippen LogP contribution is 2.73. The molecule has 2 bridgehead atoms. The highest BCUT2D eigenvalue weighted by atomic mass is 16.4. The van der Waals surface area contributed by atoms with Gasteiger partial charge in [-0.25, -0.2) is 0 Å². The predicted molar refractivity (Wildman–Crippen MR) is 64.6 cm³/mol. The Kier molecular flexibility index (Phi) is 2.01. The van der Waals surface area contributed by atoms with Gasteiger partial charge < -0.3 is 5.21 Å². The van der Waals surface area contributed by atoms with E-state index in [1.54, 1.807) is 0 Å². The Morgan fingerprint density at radius 2 is 2.06 bits per heavy atom. The van der Waals surface area contributed by atoms with Crippen molar-refractivity contribution in [3.63, 3.8) is 0 Å². The lowest BCUT2D eigenvalue weighted by molar-refractivity contribution is 0.142. The van der Waals surface area contributed by atoms with Crippen molar-refractivity contribution >= 4 is 6.21 Å². The lowest BCUT2D eigenvalue weighted by atomic mass is 9.67. The number of rotatable bonds is 1. The molecular weight excluding hydrogens is 198 g/mol. The molecule has 3 rings (SSSR count). The molecule has 4 unspecified atom stereocenters. The van der Waals surface area contributed by atoms with Gasteiger partial charge in [0.1, 0.15) is 0 Å². The fourth-order valence-electron chi connectivity index (χ4n) is 5.59. The van der Waals surface area contributed by atoms with E-state index < -0.39 is 0 Å². The minimum Gasteiger partial charge on any atom is -0.411 e. The van der Waals surface area contributed by atoms with Crippen LogP contribution in [0.25, 0.3) is 0 Å². The number of oxime groups is 1. The monoisotopic (exact) mass is 221 g/mol. The number of nitrogens with zero attached hydrogens (tertiary/aromatic N) is 1. The summed E-state index contributed by atoms with van der Waals surface area (Å²) in [5.74, 6) is 3.16. The second-order valence-corrected chi connectivity index (χ2v) is 6.82. The van der Waals surface area contributed by atoms with Crippen molar-refractivity contribution < 1.29 is 5.21 Å². The van der Waals surface area contributed by atoms with E-state index in [0.717, 1.165) is 17.8 Å². The molecule has 0 saturated heterocycles. The molecule has 0 aromatic heterocycles. The van der Waals surface area contributed by atoms with Gasteiger partial charge in [0, 0.05) is 5.41 Å². The molecule has 1 spiro atoms. The van der Waals surface area contributed by atoms with E-state index in [1.165, 1.54) is 25.7 Å². The average Bonchev–Trinajstić information content (AvgIpc) is 2.88. The van der Waals surface area contributed by atoms with Gasteiger partial charge in [0.15, 0.2) is 0 Å². The molecule has 0 radical (unpaired) electrons. The third-order valence-electron chi connectivity index (χ3n) is 6.67. The Labute approximate surface area is 98.1 Å². The van der Waals surface area contributed by atoms with Crippen LogP contribution in [-0.4, -0.2) is 11.4 Å². The fraction of sp³-hybridized carbons (Fsp3) is 0.929. The minimum atomic E-state index is 0.128. The predicted octanol–water partition coefficient (Wildman–Crippen LogP) is 3.54. The highest BCUT2D eigenvalue weighted by Gasteiger charge is 2.67. The molecule has 3 saturated carbocycles. The van der Waals surface area contributed by atoms with Gasteiger partial charge in [-0.1, -0.05) is 20.8 Å². The summed E-state index contributed by atoms with van der Waals surface area (Å²) < 4.78 is 0. The topological polar surface area (TPSA) is 32.6 Å². The first kappa shape index (κ1) is 10.6. The van der Waals surface area contributed by atoms with Crippen LogP contribution in [0.2, 0.25) is 0 Å². The molecule has 0 amide bonds. The van der Waals surface area contributed by atoms with Gasteiger partial charge in [-0.3, -0.25) is 0 Å². The molecule has 0 aromatic carbocycles. The molecule has 3 aliphatic rings. The maximum atomic E-state index is 8.95. The fourth-order valence-corrected chi connectivity index (χ4v) is 5.59. The molecule has 2 heteroatoms. The largest absolute Gasteiger partial charge is 0.411 e. The summed E-state index contributed by atoms with van der Waals surface area (Å²) in [6, 6.07) is 0. The Balaban J connectivity index is 2.05. The second-order valence-electron chi connectivity index (χ2n) is 6.82. The maximum Gasteiger partial charge on any atom is 0.0500 e. The zero-order valence-electron chi connectivity index (χ0n) is 10.6. The van der Waals surface area contributed by atoms with Gasteiger partial charge >= 0.3 is 0 Å². The van der Waals surface area contributed by atoms with Gasteiger partial charge in [-0.2, -0.15) is 0 Å². The van der Waals surface area contributed by atoms with Crippen molar-refractivity contribution in [1.29, 1.82) is 0 Å². The van der Waals surface area contributed by atoms with Crippen LogP contribution in [0, 0.1) is 34.5 Å². The van der Waals surface area contributed by atoms with Gasteiger partial charge in [-0.15, -0.1) is 5.16 Å². The third-order valence-corrected chi connectivity index (χ3v) is 6.67. The Morgan fingerprint density at radius 1 is 1.31 bits per heavy atom. The van der Waals surface area contributed by atoms with Crippen molar-refractivity contribution in [1.82, 2.24) is 0 Å². The maximum absolute atomic E-state index is 8.95. The van der Waals surface area contributed by atoms with E-state index in [4.69, 9.17) is 5.21 Å². The number of fused-ring (bicyclic) bond motifs is 1. The van der Waals surface area contributed by atoms with E-state index in [0.29, 0.717) is 11.3 Å². The smallest absolute Gasteiger partial charge is 0.0500 e. The highest BCUT2D eigenvalue weighted by molar-refractivity contribution is 5.67. The van der Waals surface area contributed by atoms with Crippen LogP contribution in [0.3, 0.4) is 0 Å². The van der Waals surface area contributed by atoms with E-state index >= 15 is 0 Å². The van der Waals surface area contributed by atoms with E-state index in [1.807, 2.05) is 6.21 Å². The van der Waals surface area contributed by atoms with Crippen LogP contribution in [0.15, 0.2) is 5.16 Å². The van der Waals surface area contributed by atoms with Crippen molar-refractivity contribution in [2.24, 2.45) is 39.7 Å². The molecule has 0 heterocycles. The Bertz CT molecular complexity index is 340. The van der Waals surface area contributed by atoms with Crippen molar-refractivity contribution in [3.05, 3.63) is 0 Å². The summed E-state index contributed by atoms with van der Waals surface area (Å²) in [4.78, 5) is 0. The van der Waals surface area contributed by atoms with Gasteiger partial charge in [0.2, 0.25) is 0 Å². The molecule has 90 valence electrons. The molecule has 0 aromatic rings. The lowest BCUT2D eigenvalue weighted by Gasteiger charge is -2.36. The van der Waals surface area contributed by atoms with E-state index in [2.05, 4.69) is 25.9 Å².